The highest BCUT2D eigenvalue weighted by Crippen LogP contribution is 2.33. The summed E-state index contributed by atoms with van der Waals surface area (Å²) in [5.74, 6) is 1.11. The van der Waals surface area contributed by atoms with Gasteiger partial charge in [0, 0.05) is 43.9 Å². The molecule has 164 valence electrons. The van der Waals surface area contributed by atoms with Crippen LogP contribution in [0.15, 0.2) is 24.3 Å². The van der Waals surface area contributed by atoms with Gasteiger partial charge in [0.1, 0.15) is 17.5 Å². The minimum Gasteiger partial charge on any atom is -0.384 e. The molecule has 0 radical (unpaired) electrons. The van der Waals surface area contributed by atoms with Gasteiger partial charge in [0.2, 0.25) is 11.8 Å². The van der Waals surface area contributed by atoms with Gasteiger partial charge in [-0.25, -0.2) is 14.4 Å². The molecule has 0 saturated carbocycles. The van der Waals surface area contributed by atoms with Crippen molar-refractivity contribution in [2.24, 2.45) is 0 Å². The maximum Gasteiger partial charge on any atom is 0.232 e. The average Bonchev–Trinajstić information content (AvgIpc) is 3.37. The number of likely N-dealkylation sites (tertiary alicyclic amines) is 1. The topological polar surface area (TPSA) is 75.6 Å². The minimum atomic E-state index is -0.266. The standard InChI is InChI=1S/C23H27FN4O3/c1-15-18-13-21(30)28(11-8-16-5-3-4-6-19(16)24)23(18)26-22(25-15)17-7-10-27(14-17)20(29)9-12-31-2/h3-6,17H,7-14H2,1-2H3/t17-/m1/s1. The molecule has 0 N–H and O–H groups in total. The number of hydrogen-bond donors (Lipinski definition) is 0. The molecule has 2 aliphatic heterocycles. The number of anilines is 1. The van der Waals surface area contributed by atoms with E-state index in [0.717, 1.165) is 17.7 Å². The van der Waals surface area contributed by atoms with Crippen LogP contribution in [0.3, 0.4) is 0 Å². The SMILES string of the molecule is COCCC(=O)N1CC[C@@H](c2nc(C)c3c(n2)N(CCc2ccccc2F)C(=O)C3)C1. The van der Waals surface area contributed by atoms with Crippen molar-refractivity contribution in [1.82, 2.24) is 14.9 Å². The summed E-state index contributed by atoms with van der Waals surface area (Å²) in [5.41, 5.74) is 2.22. The predicted octanol–water partition coefficient (Wildman–Crippen LogP) is 2.41. The number of nitrogens with zero attached hydrogens (tertiary/aromatic N) is 4. The molecule has 0 aliphatic carbocycles. The van der Waals surface area contributed by atoms with Gasteiger partial charge in [-0.3, -0.25) is 14.5 Å². The molecular weight excluding hydrogens is 399 g/mol. The quantitative estimate of drug-likeness (QED) is 0.680. The van der Waals surface area contributed by atoms with E-state index >= 15 is 0 Å². The van der Waals surface area contributed by atoms with Crippen molar-refractivity contribution in [2.75, 3.05) is 38.3 Å². The van der Waals surface area contributed by atoms with Crippen LogP contribution in [0.5, 0.6) is 0 Å². The zero-order valence-corrected chi connectivity index (χ0v) is 17.9. The fourth-order valence-corrected chi connectivity index (χ4v) is 4.29. The van der Waals surface area contributed by atoms with E-state index in [1.165, 1.54) is 6.07 Å². The third kappa shape index (κ3) is 4.44. The zero-order valence-electron chi connectivity index (χ0n) is 17.9. The van der Waals surface area contributed by atoms with Gasteiger partial charge in [-0.1, -0.05) is 18.2 Å². The molecule has 2 aliphatic rings. The van der Waals surface area contributed by atoms with Crippen molar-refractivity contribution >= 4 is 17.6 Å². The number of benzene rings is 1. The van der Waals surface area contributed by atoms with Gasteiger partial charge in [0.05, 0.1) is 19.4 Å². The fraction of sp³-hybridized carbons (Fsp3) is 0.478. The van der Waals surface area contributed by atoms with Crippen molar-refractivity contribution in [2.45, 2.75) is 38.5 Å². The Morgan fingerprint density at radius 1 is 1.29 bits per heavy atom. The Morgan fingerprint density at radius 2 is 2.10 bits per heavy atom. The second-order valence-corrected chi connectivity index (χ2v) is 8.10. The van der Waals surface area contributed by atoms with Crippen molar-refractivity contribution in [3.05, 3.63) is 52.7 Å². The number of hydrogen-bond acceptors (Lipinski definition) is 5. The third-order valence-corrected chi connectivity index (χ3v) is 6.08. The van der Waals surface area contributed by atoms with E-state index < -0.39 is 0 Å². The molecule has 1 aromatic heterocycles. The second kappa shape index (κ2) is 9.09. The number of halogens is 1. The lowest BCUT2D eigenvalue weighted by Gasteiger charge is -2.19. The Balaban J connectivity index is 1.51. The van der Waals surface area contributed by atoms with Crippen LogP contribution in [0.4, 0.5) is 10.2 Å². The first-order valence-corrected chi connectivity index (χ1v) is 10.7. The summed E-state index contributed by atoms with van der Waals surface area (Å²) in [6, 6.07) is 6.62. The maximum atomic E-state index is 14.0. The number of aryl methyl sites for hydroxylation is 1. The summed E-state index contributed by atoms with van der Waals surface area (Å²) in [6.07, 6.45) is 1.85. The number of fused-ring (bicyclic) bond motifs is 1. The largest absolute Gasteiger partial charge is 0.384 e. The van der Waals surface area contributed by atoms with E-state index in [1.54, 1.807) is 30.2 Å². The lowest BCUT2D eigenvalue weighted by atomic mass is 10.1. The number of amides is 2. The Hall–Kier alpha value is -2.87. The first kappa shape index (κ1) is 21.4. The van der Waals surface area contributed by atoms with Gasteiger partial charge in [0.25, 0.3) is 0 Å². The highest BCUT2D eigenvalue weighted by atomic mass is 19.1. The molecular formula is C23H27FN4O3. The van der Waals surface area contributed by atoms with Crippen molar-refractivity contribution in [3.63, 3.8) is 0 Å². The molecule has 1 fully saturated rings. The van der Waals surface area contributed by atoms with E-state index in [1.807, 2.05) is 11.8 Å². The van der Waals surface area contributed by atoms with Gasteiger partial charge in [0.15, 0.2) is 0 Å². The summed E-state index contributed by atoms with van der Waals surface area (Å²) in [4.78, 5) is 37.9. The summed E-state index contributed by atoms with van der Waals surface area (Å²) < 4.78 is 19.0. The highest BCUT2D eigenvalue weighted by molar-refractivity contribution is 6.00. The molecule has 4 rings (SSSR count). The van der Waals surface area contributed by atoms with Crippen LogP contribution in [0.1, 0.15) is 41.4 Å². The van der Waals surface area contributed by atoms with Crippen LogP contribution < -0.4 is 4.90 Å². The van der Waals surface area contributed by atoms with Gasteiger partial charge in [-0.15, -0.1) is 0 Å². The fourth-order valence-electron chi connectivity index (χ4n) is 4.29. The number of rotatable bonds is 7. The zero-order chi connectivity index (χ0) is 22.0. The number of aromatic nitrogens is 2. The summed E-state index contributed by atoms with van der Waals surface area (Å²) in [6.45, 7) is 3.92. The van der Waals surface area contributed by atoms with E-state index in [9.17, 15) is 14.0 Å². The molecule has 2 amide bonds. The van der Waals surface area contributed by atoms with Gasteiger partial charge in [-0.05, 0) is 31.4 Å². The lowest BCUT2D eigenvalue weighted by Crippen LogP contribution is -2.30. The van der Waals surface area contributed by atoms with E-state index in [2.05, 4.69) is 4.98 Å². The number of carbonyl (C=O) groups excluding carboxylic acids is 2. The van der Waals surface area contributed by atoms with Crippen LogP contribution in [0.2, 0.25) is 0 Å². The van der Waals surface area contributed by atoms with Gasteiger partial charge >= 0.3 is 0 Å². The Morgan fingerprint density at radius 3 is 2.87 bits per heavy atom. The monoisotopic (exact) mass is 426 g/mol. The Labute approximate surface area is 181 Å². The molecule has 0 spiro atoms. The van der Waals surface area contributed by atoms with Gasteiger partial charge in [-0.2, -0.15) is 0 Å². The number of ether oxygens (including phenoxy) is 1. The Kier molecular flexibility index (Phi) is 6.27. The molecule has 0 unspecified atom stereocenters. The number of carbonyl (C=O) groups is 2. The van der Waals surface area contributed by atoms with Crippen molar-refractivity contribution in [3.8, 4) is 0 Å². The van der Waals surface area contributed by atoms with Gasteiger partial charge < -0.3 is 9.64 Å². The first-order chi connectivity index (χ1) is 15.0. The maximum absolute atomic E-state index is 14.0. The van der Waals surface area contributed by atoms with E-state index in [4.69, 9.17) is 9.72 Å². The molecule has 31 heavy (non-hydrogen) atoms. The molecule has 2 aromatic rings. The molecule has 1 atom stereocenters. The van der Waals surface area contributed by atoms with Crippen LogP contribution >= 0.6 is 0 Å². The highest BCUT2D eigenvalue weighted by Gasteiger charge is 2.34. The summed E-state index contributed by atoms with van der Waals surface area (Å²) in [5, 5.41) is 0. The molecule has 8 heteroatoms. The third-order valence-electron chi connectivity index (χ3n) is 6.08. The first-order valence-electron chi connectivity index (χ1n) is 10.7. The predicted molar refractivity (Wildman–Crippen MR) is 113 cm³/mol. The average molecular weight is 426 g/mol. The molecule has 7 nitrogen and oxygen atoms in total. The molecule has 1 aromatic carbocycles. The van der Waals surface area contributed by atoms with Crippen LogP contribution in [0, 0.1) is 12.7 Å². The molecule has 1 saturated heterocycles. The summed E-state index contributed by atoms with van der Waals surface area (Å²) in [7, 11) is 1.58. The Bertz CT molecular complexity index is 997. The van der Waals surface area contributed by atoms with E-state index in [-0.39, 0.29) is 30.0 Å². The normalized spacial score (nSPS) is 18.0. The van der Waals surface area contributed by atoms with Crippen LogP contribution in [-0.2, 0) is 27.2 Å². The number of methoxy groups -OCH3 is 1. The molecule has 3 heterocycles. The van der Waals surface area contributed by atoms with E-state index in [0.29, 0.717) is 56.3 Å². The van der Waals surface area contributed by atoms with Crippen LogP contribution in [-0.4, -0.2) is 60.0 Å². The second-order valence-electron chi connectivity index (χ2n) is 8.10. The van der Waals surface area contributed by atoms with Crippen molar-refractivity contribution in [1.29, 1.82) is 0 Å². The minimum absolute atomic E-state index is 0.0383. The van der Waals surface area contributed by atoms with Crippen LogP contribution in [0.25, 0.3) is 0 Å². The smallest absolute Gasteiger partial charge is 0.232 e. The molecule has 0 bridgehead atoms. The summed E-state index contributed by atoms with van der Waals surface area (Å²) >= 11 is 0. The van der Waals surface area contributed by atoms with Crippen molar-refractivity contribution < 1.29 is 18.7 Å². The lowest BCUT2D eigenvalue weighted by molar-refractivity contribution is -0.131.